The largest absolute Gasteiger partial charge is 0.313 e. The second-order valence-electron chi connectivity index (χ2n) is 5.95. The van der Waals surface area contributed by atoms with Gasteiger partial charge >= 0.3 is 0 Å². The molecule has 0 bridgehead atoms. The molecule has 1 heterocycles. The Labute approximate surface area is 128 Å². The van der Waals surface area contributed by atoms with Gasteiger partial charge in [-0.15, -0.1) is 11.3 Å². The number of hydrogen-bond donors (Lipinski definition) is 1. The fourth-order valence-electron chi connectivity index (χ4n) is 2.91. The van der Waals surface area contributed by atoms with Crippen LogP contribution in [0, 0.1) is 11.8 Å². The van der Waals surface area contributed by atoms with E-state index in [-0.39, 0.29) is 0 Å². The summed E-state index contributed by atoms with van der Waals surface area (Å²) < 4.78 is 2.51. The normalized spacial score (nSPS) is 19.1. The van der Waals surface area contributed by atoms with E-state index >= 15 is 0 Å². The quantitative estimate of drug-likeness (QED) is 0.614. The van der Waals surface area contributed by atoms with Crippen molar-refractivity contribution in [2.75, 3.05) is 12.3 Å². The van der Waals surface area contributed by atoms with Crippen molar-refractivity contribution in [3.05, 3.63) is 24.3 Å². The van der Waals surface area contributed by atoms with Crippen LogP contribution in [-0.4, -0.2) is 23.3 Å². The summed E-state index contributed by atoms with van der Waals surface area (Å²) in [6.07, 6.45) is 5.83. The number of rotatable bonds is 7. The zero-order valence-corrected chi connectivity index (χ0v) is 13.2. The molecule has 2 aliphatic carbocycles. The molecule has 4 heteroatoms. The maximum absolute atomic E-state index is 4.68. The molecule has 2 saturated carbocycles. The lowest BCUT2D eigenvalue weighted by molar-refractivity contribution is 0.429. The number of nitrogens with one attached hydrogen (secondary N) is 1. The first kappa shape index (κ1) is 13.1. The minimum absolute atomic E-state index is 0.825. The van der Waals surface area contributed by atoms with Crippen LogP contribution in [0.4, 0.5) is 0 Å². The smallest absolute Gasteiger partial charge is 0.151 e. The van der Waals surface area contributed by atoms with Crippen LogP contribution in [0.5, 0.6) is 0 Å². The van der Waals surface area contributed by atoms with Gasteiger partial charge in [0.25, 0.3) is 0 Å². The van der Waals surface area contributed by atoms with Crippen molar-refractivity contribution < 1.29 is 0 Å². The molecule has 0 saturated heterocycles. The second kappa shape index (κ2) is 5.66. The van der Waals surface area contributed by atoms with Crippen molar-refractivity contribution in [3.8, 4) is 0 Å². The Bertz CT molecular complexity index is 542. The third-order valence-electron chi connectivity index (χ3n) is 4.24. The number of aromatic nitrogens is 1. The van der Waals surface area contributed by atoms with Gasteiger partial charge in [-0.25, -0.2) is 4.98 Å². The molecule has 20 heavy (non-hydrogen) atoms. The molecule has 1 aromatic carbocycles. The van der Waals surface area contributed by atoms with Gasteiger partial charge in [0.1, 0.15) is 0 Å². The number of fused-ring (bicyclic) bond motifs is 1. The van der Waals surface area contributed by atoms with Gasteiger partial charge in [0, 0.05) is 18.3 Å². The molecule has 2 fully saturated rings. The number of thioether (sulfide) groups is 1. The zero-order valence-electron chi connectivity index (χ0n) is 11.5. The summed E-state index contributed by atoms with van der Waals surface area (Å²) in [5.41, 5.74) is 1.14. The van der Waals surface area contributed by atoms with E-state index in [1.165, 1.54) is 34.7 Å². The van der Waals surface area contributed by atoms with E-state index in [0.29, 0.717) is 0 Å². The van der Waals surface area contributed by atoms with Gasteiger partial charge < -0.3 is 5.32 Å². The standard InChI is InChI=1S/C16H20N2S2/c1-2-4-14-13(3-1)18-16(20-14)19-10-9-17-15(11-5-6-11)12-7-8-12/h1-4,11-12,15,17H,5-10H2. The van der Waals surface area contributed by atoms with Crippen molar-refractivity contribution in [2.24, 2.45) is 11.8 Å². The first-order chi connectivity index (χ1) is 9.90. The van der Waals surface area contributed by atoms with Gasteiger partial charge in [0.05, 0.1) is 10.2 Å². The van der Waals surface area contributed by atoms with Crippen molar-refractivity contribution >= 4 is 33.3 Å². The highest BCUT2D eigenvalue weighted by Gasteiger charge is 2.40. The van der Waals surface area contributed by atoms with Crippen LogP contribution in [0.25, 0.3) is 10.2 Å². The molecular weight excluding hydrogens is 284 g/mol. The van der Waals surface area contributed by atoms with Crippen LogP contribution in [0.3, 0.4) is 0 Å². The molecule has 1 aromatic heterocycles. The van der Waals surface area contributed by atoms with E-state index in [9.17, 15) is 0 Å². The SMILES string of the molecule is c1ccc2sc(SCCNC(C3CC3)C3CC3)nc2c1. The van der Waals surface area contributed by atoms with Gasteiger partial charge in [-0.05, 0) is 49.7 Å². The van der Waals surface area contributed by atoms with Gasteiger partial charge in [0.2, 0.25) is 0 Å². The Kier molecular flexibility index (Phi) is 3.71. The number of benzene rings is 1. The first-order valence-electron chi connectivity index (χ1n) is 7.62. The minimum Gasteiger partial charge on any atom is -0.313 e. The Morgan fingerprint density at radius 1 is 1.20 bits per heavy atom. The topological polar surface area (TPSA) is 24.9 Å². The Hall–Kier alpha value is -0.580. The summed E-state index contributed by atoms with van der Waals surface area (Å²) >= 11 is 3.71. The van der Waals surface area contributed by atoms with Crippen LogP contribution in [0.15, 0.2) is 28.6 Å². The fourth-order valence-corrected chi connectivity index (χ4v) is 4.92. The summed E-state index contributed by atoms with van der Waals surface area (Å²) in [5.74, 6) is 3.13. The molecular formula is C16H20N2S2. The average Bonchev–Trinajstić information content (AvgIpc) is 3.36. The van der Waals surface area contributed by atoms with Crippen molar-refractivity contribution in [2.45, 2.75) is 36.1 Å². The molecule has 106 valence electrons. The molecule has 0 amide bonds. The predicted molar refractivity (Wildman–Crippen MR) is 87.6 cm³/mol. The molecule has 2 aliphatic rings. The molecule has 2 aromatic rings. The average molecular weight is 304 g/mol. The number of thiazole rings is 1. The van der Waals surface area contributed by atoms with Crippen LogP contribution in [-0.2, 0) is 0 Å². The highest BCUT2D eigenvalue weighted by Crippen LogP contribution is 2.44. The van der Waals surface area contributed by atoms with E-state index in [2.05, 4.69) is 34.6 Å². The van der Waals surface area contributed by atoms with E-state index in [0.717, 1.165) is 35.7 Å². The maximum atomic E-state index is 4.68. The molecule has 0 aliphatic heterocycles. The fraction of sp³-hybridized carbons (Fsp3) is 0.562. The Balaban J connectivity index is 1.27. The molecule has 2 nitrogen and oxygen atoms in total. The van der Waals surface area contributed by atoms with Crippen LogP contribution in [0.2, 0.25) is 0 Å². The van der Waals surface area contributed by atoms with E-state index in [4.69, 9.17) is 0 Å². The molecule has 0 atom stereocenters. The van der Waals surface area contributed by atoms with Crippen molar-refractivity contribution in [1.82, 2.24) is 10.3 Å². The third-order valence-corrected chi connectivity index (χ3v) is 6.42. The van der Waals surface area contributed by atoms with E-state index in [1.807, 2.05) is 23.1 Å². The minimum atomic E-state index is 0.825. The lowest BCUT2D eigenvalue weighted by atomic mass is 10.1. The Morgan fingerprint density at radius 2 is 1.95 bits per heavy atom. The molecule has 0 unspecified atom stereocenters. The summed E-state index contributed by atoms with van der Waals surface area (Å²) in [5, 5.41) is 3.80. The summed E-state index contributed by atoms with van der Waals surface area (Å²) in [4.78, 5) is 4.68. The molecule has 0 radical (unpaired) electrons. The number of hydrogen-bond acceptors (Lipinski definition) is 4. The zero-order chi connectivity index (χ0) is 13.4. The maximum Gasteiger partial charge on any atom is 0.151 e. The van der Waals surface area contributed by atoms with Gasteiger partial charge in [0.15, 0.2) is 4.34 Å². The van der Waals surface area contributed by atoms with Gasteiger partial charge in [-0.3, -0.25) is 0 Å². The summed E-state index contributed by atoms with van der Waals surface area (Å²) in [7, 11) is 0. The first-order valence-corrected chi connectivity index (χ1v) is 9.42. The number of para-hydroxylation sites is 1. The lowest BCUT2D eigenvalue weighted by Gasteiger charge is -2.17. The van der Waals surface area contributed by atoms with Crippen LogP contribution >= 0.6 is 23.1 Å². The van der Waals surface area contributed by atoms with Gasteiger partial charge in [-0.2, -0.15) is 0 Å². The lowest BCUT2D eigenvalue weighted by Crippen LogP contribution is -2.34. The Morgan fingerprint density at radius 3 is 2.65 bits per heavy atom. The highest BCUT2D eigenvalue weighted by molar-refractivity contribution is 8.01. The summed E-state index contributed by atoms with van der Waals surface area (Å²) in [6, 6.07) is 9.24. The van der Waals surface area contributed by atoms with Crippen molar-refractivity contribution in [1.29, 1.82) is 0 Å². The third kappa shape index (κ3) is 3.02. The summed E-state index contributed by atoms with van der Waals surface area (Å²) in [6.45, 7) is 1.12. The monoisotopic (exact) mass is 304 g/mol. The molecule has 1 N–H and O–H groups in total. The highest BCUT2D eigenvalue weighted by atomic mass is 32.2. The van der Waals surface area contributed by atoms with Crippen LogP contribution in [0.1, 0.15) is 25.7 Å². The van der Waals surface area contributed by atoms with E-state index < -0.39 is 0 Å². The predicted octanol–water partition coefficient (Wildman–Crippen LogP) is 4.17. The molecule has 4 rings (SSSR count). The van der Waals surface area contributed by atoms with Crippen molar-refractivity contribution in [3.63, 3.8) is 0 Å². The van der Waals surface area contributed by atoms with E-state index in [1.54, 1.807) is 0 Å². The van der Waals surface area contributed by atoms with Gasteiger partial charge in [-0.1, -0.05) is 23.9 Å². The second-order valence-corrected chi connectivity index (χ2v) is 8.32. The van der Waals surface area contributed by atoms with Crippen LogP contribution < -0.4 is 5.32 Å². The molecule has 0 spiro atoms. The number of nitrogens with zero attached hydrogens (tertiary/aromatic N) is 1.